The summed E-state index contributed by atoms with van der Waals surface area (Å²) >= 11 is 0. The highest BCUT2D eigenvalue weighted by molar-refractivity contribution is 5.97. The van der Waals surface area contributed by atoms with Gasteiger partial charge in [0.15, 0.2) is 6.61 Å². The van der Waals surface area contributed by atoms with Crippen LogP contribution in [0.5, 0.6) is 0 Å². The molecule has 1 aliphatic rings. The van der Waals surface area contributed by atoms with Crippen LogP contribution in [0.15, 0.2) is 18.2 Å². The Hall–Kier alpha value is -2.97. The Balaban J connectivity index is 2.08. The molecule has 0 aromatic heterocycles. The average Bonchev–Trinajstić information content (AvgIpc) is 2.64. The molecule has 0 aliphatic carbocycles. The number of hydrogen-bond acceptors (Lipinski definition) is 7. The van der Waals surface area contributed by atoms with Crippen LogP contribution >= 0.6 is 0 Å². The fourth-order valence-electron chi connectivity index (χ4n) is 2.79. The molecular formula is C17H20N2O7. The third-order valence-electron chi connectivity index (χ3n) is 4.12. The third-order valence-corrected chi connectivity index (χ3v) is 4.12. The lowest BCUT2D eigenvalue weighted by Crippen LogP contribution is -2.41. The fourth-order valence-corrected chi connectivity index (χ4v) is 2.79. The van der Waals surface area contributed by atoms with E-state index < -0.39 is 29.2 Å². The van der Waals surface area contributed by atoms with Crippen LogP contribution in [0.1, 0.15) is 40.5 Å². The second-order valence-electron chi connectivity index (χ2n) is 6.18. The summed E-state index contributed by atoms with van der Waals surface area (Å²) in [6, 6.07) is 3.12. The van der Waals surface area contributed by atoms with Gasteiger partial charge in [0.2, 0.25) is 0 Å². The first-order chi connectivity index (χ1) is 12.3. The van der Waals surface area contributed by atoms with Gasteiger partial charge in [-0.05, 0) is 24.8 Å². The Bertz CT molecular complexity index is 732. The minimum atomic E-state index is -0.919. The number of nitrogens with zero attached hydrogens (tertiary/aromatic N) is 2. The molecule has 26 heavy (non-hydrogen) atoms. The third kappa shape index (κ3) is 4.78. The second kappa shape index (κ2) is 8.41. The number of piperidine rings is 1. The van der Waals surface area contributed by atoms with Crippen LogP contribution in [0.2, 0.25) is 0 Å². The fraction of sp³-hybridized carbons (Fsp3) is 0.471. The van der Waals surface area contributed by atoms with Crippen molar-refractivity contribution in [2.24, 2.45) is 5.92 Å². The summed E-state index contributed by atoms with van der Waals surface area (Å²) in [6.45, 7) is 2.81. The maximum absolute atomic E-state index is 12.2. The summed E-state index contributed by atoms with van der Waals surface area (Å²) < 4.78 is 9.50. The summed E-state index contributed by atoms with van der Waals surface area (Å²) in [5, 5.41) is 11.0. The number of likely N-dealkylation sites (tertiary alicyclic amines) is 1. The maximum atomic E-state index is 12.2. The van der Waals surface area contributed by atoms with Crippen LogP contribution in [-0.2, 0) is 14.3 Å². The first kappa shape index (κ1) is 19.4. The van der Waals surface area contributed by atoms with Gasteiger partial charge in [-0.3, -0.25) is 14.9 Å². The van der Waals surface area contributed by atoms with Crippen LogP contribution < -0.4 is 0 Å². The van der Waals surface area contributed by atoms with Crippen LogP contribution in [0.3, 0.4) is 0 Å². The highest BCUT2D eigenvalue weighted by Gasteiger charge is 2.23. The standard InChI is InChI=1S/C17H20N2O7/c1-11-4-3-5-18(9-11)15(20)10-26-17(22)13-6-12(16(21)25-2)7-14(8-13)19(23)24/h6-8,11H,3-5,9-10H2,1-2H3/t11-/m1/s1. The molecule has 0 saturated carbocycles. The molecule has 140 valence electrons. The monoisotopic (exact) mass is 364 g/mol. The molecule has 1 aliphatic heterocycles. The Kier molecular flexibility index (Phi) is 6.26. The summed E-state index contributed by atoms with van der Waals surface area (Å²) in [5.41, 5.74) is -0.791. The quantitative estimate of drug-likeness (QED) is 0.444. The first-order valence-corrected chi connectivity index (χ1v) is 8.14. The molecule has 0 radical (unpaired) electrons. The van der Waals surface area contributed by atoms with E-state index in [1.165, 1.54) is 0 Å². The largest absolute Gasteiger partial charge is 0.465 e. The Morgan fingerprint density at radius 3 is 2.46 bits per heavy atom. The van der Waals surface area contributed by atoms with Crippen LogP contribution in [-0.4, -0.2) is 54.5 Å². The van der Waals surface area contributed by atoms with Crippen LogP contribution in [0, 0.1) is 16.0 Å². The van der Waals surface area contributed by atoms with E-state index in [4.69, 9.17) is 4.74 Å². The summed E-state index contributed by atoms with van der Waals surface area (Å²) in [7, 11) is 1.12. The smallest absolute Gasteiger partial charge is 0.338 e. The van der Waals surface area contributed by atoms with Crippen molar-refractivity contribution in [1.29, 1.82) is 0 Å². The van der Waals surface area contributed by atoms with Crippen molar-refractivity contribution in [3.8, 4) is 0 Å². The Morgan fingerprint density at radius 2 is 1.88 bits per heavy atom. The van der Waals surface area contributed by atoms with Gasteiger partial charge in [0, 0.05) is 25.2 Å². The normalized spacial score (nSPS) is 16.7. The van der Waals surface area contributed by atoms with E-state index in [-0.39, 0.29) is 17.0 Å². The number of methoxy groups -OCH3 is 1. The number of non-ortho nitro benzene ring substituents is 1. The maximum Gasteiger partial charge on any atom is 0.338 e. The molecule has 1 aromatic carbocycles. The van der Waals surface area contributed by atoms with Crippen LogP contribution in [0.25, 0.3) is 0 Å². The molecule has 1 amide bonds. The van der Waals surface area contributed by atoms with Crippen molar-refractivity contribution >= 4 is 23.5 Å². The predicted octanol–water partition coefficient (Wildman–Crippen LogP) is 1.80. The molecular weight excluding hydrogens is 344 g/mol. The molecule has 0 unspecified atom stereocenters. The molecule has 9 heteroatoms. The van der Waals surface area contributed by atoms with Gasteiger partial charge in [0.05, 0.1) is 23.2 Å². The van der Waals surface area contributed by atoms with Gasteiger partial charge < -0.3 is 14.4 Å². The van der Waals surface area contributed by atoms with E-state index in [9.17, 15) is 24.5 Å². The van der Waals surface area contributed by atoms with Crippen molar-refractivity contribution in [2.45, 2.75) is 19.8 Å². The van der Waals surface area contributed by atoms with Crippen molar-refractivity contribution in [3.05, 3.63) is 39.4 Å². The summed E-state index contributed by atoms with van der Waals surface area (Å²) in [6.07, 6.45) is 1.95. The first-order valence-electron chi connectivity index (χ1n) is 8.14. The molecule has 1 saturated heterocycles. The molecule has 1 aromatic rings. The molecule has 1 fully saturated rings. The minimum Gasteiger partial charge on any atom is -0.465 e. The van der Waals surface area contributed by atoms with Gasteiger partial charge in [0.1, 0.15) is 0 Å². The number of carbonyl (C=O) groups is 3. The number of ether oxygens (including phenoxy) is 2. The van der Waals surface area contributed by atoms with E-state index >= 15 is 0 Å². The van der Waals surface area contributed by atoms with E-state index in [1.54, 1.807) is 4.90 Å². The lowest BCUT2D eigenvalue weighted by Gasteiger charge is -2.30. The zero-order chi connectivity index (χ0) is 19.3. The topological polar surface area (TPSA) is 116 Å². The van der Waals surface area contributed by atoms with Gasteiger partial charge in [-0.15, -0.1) is 0 Å². The molecule has 1 atom stereocenters. The highest BCUT2D eigenvalue weighted by atomic mass is 16.6. The average molecular weight is 364 g/mol. The van der Waals surface area contributed by atoms with Gasteiger partial charge in [-0.25, -0.2) is 9.59 Å². The lowest BCUT2D eigenvalue weighted by molar-refractivity contribution is -0.384. The number of rotatable bonds is 5. The number of nitro groups is 1. The minimum absolute atomic E-state index is 0.148. The van der Waals surface area contributed by atoms with E-state index in [0.717, 1.165) is 38.2 Å². The van der Waals surface area contributed by atoms with Crippen molar-refractivity contribution in [3.63, 3.8) is 0 Å². The molecule has 0 bridgehead atoms. The van der Waals surface area contributed by atoms with Gasteiger partial charge in [0.25, 0.3) is 11.6 Å². The number of hydrogen-bond donors (Lipinski definition) is 0. The molecule has 1 heterocycles. The zero-order valence-electron chi connectivity index (χ0n) is 14.6. The van der Waals surface area contributed by atoms with Crippen LogP contribution in [0.4, 0.5) is 5.69 Å². The van der Waals surface area contributed by atoms with Crippen molar-refractivity contribution < 1.29 is 28.8 Å². The van der Waals surface area contributed by atoms with Gasteiger partial charge in [-0.1, -0.05) is 6.92 Å². The van der Waals surface area contributed by atoms with E-state index in [1.807, 2.05) is 6.92 Å². The molecule has 0 spiro atoms. The van der Waals surface area contributed by atoms with E-state index in [2.05, 4.69) is 4.74 Å². The number of carbonyl (C=O) groups excluding carboxylic acids is 3. The van der Waals surface area contributed by atoms with Gasteiger partial charge >= 0.3 is 11.9 Å². The summed E-state index contributed by atoms with van der Waals surface area (Å²) in [4.78, 5) is 47.8. The zero-order valence-corrected chi connectivity index (χ0v) is 14.6. The highest BCUT2D eigenvalue weighted by Crippen LogP contribution is 2.19. The second-order valence-corrected chi connectivity index (χ2v) is 6.18. The number of amides is 1. The predicted molar refractivity (Wildman–Crippen MR) is 89.7 cm³/mol. The Morgan fingerprint density at radius 1 is 1.23 bits per heavy atom. The molecule has 9 nitrogen and oxygen atoms in total. The summed E-state index contributed by atoms with van der Waals surface area (Å²) in [5.74, 6) is -1.66. The van der Waals surface area contributed by atoms with Crippen molar-refractivity contribution in [1.82, 2.24) is 4.90 Å². The van der Waals surface area contributed by atoms with E-state index in [0.29, 0.717) is 19.0 Å². The molecule has 2 rings (SSSR count). The van der Waals surface area contributed by atoms with Gasteiger partial charge in [-0.2, -0.15) is 0 Å². The number of nitro benzene ring substituents is 1. The molecule has 0 N–H and O–H groups in total. The SMILES string of the molecule is COC(=O)c1cc(C(=O)OCC(=O)N2CCC[C@@H](C)C2)cc([N+](=O)[O-])c1. The Labute approximate surface area is 150 Å². The van der Waals surface area contributed by atoms with Crippen molar-refractivity contribution in [2.75, 3.05) is 26.8 Å². The number of benzene rings is 1. The number of esters is 2. The lowest BCUT2D eigenvalue weighted by atomic mass is 10.0.